The highest BCUT2D eigenvalue weighted by Crippen LogP contribution is 2.41. The highest BCUT2D eigenvalue weighted by Gasteiger charge is 2.53. The summed E-state index contributed by atoms with van der Waals surface area (Å²) in [6.07, 6.45) is -7.76. The Kier molecular flexibility index (Phi) is 16.2. The molecule has 58 heavy (non-hydrogen) atoms. The van der Waals surface area contributed by atoms with Crippen molar-refractivity contribution in [3.8, 4) is 0 Å². The fourth-order valence-electron chi connectivity index (χ4n) is 9.30. The molecule has 0 radical (unpaired) electrons. The molecule has 332 valence electrons. The van der Waals surface area contributed by atoms with Crippen LogP contribution in [-0.2, 0) is 44.4 Å². The molecule has 18 heteroatoms. The first-order valence-corrected chi connectivity index (χ1v) is 20.8. The van der Waals surface area contributed by atoms with Crippen molar-refractivity contribution in [1.29, 1.82) is 0 Å². The molecule has 0 aliphatic carbocycles. The Bertz CT molecular complexity index is 1520. The molecule has 3 aliphatic rings. The number of rotatable bonds is 10. The topological polar surface area (TPSA) is 225 Å². The van der Waals surface area contributed by atoms with Crippen LogP contribution in [0.15, 0.2) is 6.20 Å². The first kappa shape index (κ1) is 48.6. The normalized spacial score (nSPS) is 45.2. The number of aromatic nitrogens is 3. The van der Waals surface area contributed by atoms with E-state index in [0.717, 1.165) is 5.69 Å². The van der Waals surface area contributed by atoms with Crippen LogP contribution in [0.4, 0.5) is 0 Å². The summed E-state index contributed by atoms with van der Waals surface area (Å²) in [7, 11) is 5.18. The number of methoxy groups -OCH3 is 1. The predicted molar refractivity (Wildman–Crippen MR) is 213 cm³/mol. The molecule has 5 N–H and O–H groups in total. The van der Waals surface area contributed by atoms with Crippen molar-refractivity contribution in [2.24, 2.45) is 23.7 Å². The standard InChI is InChI=1S/C40H71BN4O13/c1-13-28-40(10,52)33(48)22(4)30(46)20(2)17-38(8,51)35(58-37-31(47)27(16-21(3)54-37)44(11)15-14-26-19-45(41)43-42-26)23(5)32(24(6)36(50)56-28)57-29-18-39(9,53-12)34(49)25(7)55-29/h19-25,27-29,31-35,37,47-49,51-52H,13-18,41H2,1-12H3/t20-,21?,22-,23+,24-,25-,27+,28-,29+,31-,32+,33?,34+,35-,37-,38-,39-,40-/m1/s1. The molecule has 0 saturated carbocycles. The van der Waals surface area contributed by atoms with E-state index in [0.29, 0.717) is 19.4 Å². The summed E-state index contributed by atoms with van der Waals surface area (Å²) in [5, 5.41) is 66.7. The molecule has 4 heterocycles. The van der Waals surface area contributed by atoms with E-state index in [-0.39, 0.29) is 25.4 Å². The first-order valence-electron chi connectivity index (χ1n) is 20.8. The first-order chi connectivity index (χ1) is 26.9. The number of nitrogens with zero attached hydrogens (tertiary/aromatic N) is 4. The second-order valence-electron chi connectivity index (χ2n) is 18.1. The number of Topliss-reactive ketones (excluding diaryl/α,β-unsaturated/α-hetero) is 1. The molecule has 3 saturated heterocycles. The summed E-state index contributed by atoms with van der Waals surface area (Å²) in [6, 6.07) is -0.415. The predicted octanol–water partition coefficient (Wildman–Crippen LogP) is 0.386. The number of aliphatic hydroxyl groups is 5. The van der Waals surface area contributed by atoms with Crippen molar-refractivity contribution in [1.82, 2.24) is 19.8 Å². The second kappa shape index (κ2) is 19.3. The van der Waals surface area contributed by atoms with Gasteiger partial charge in [-0.2, -0.15) is 0 Å². The summed E-state index contributed by atoms with van der Waals surface area (Å²) in [5.41, 5.74) is -4.12. The van der Waals surface area contributed by atoms with Gasteiger partial charge in [0, 0.05) is 56.5 Å². The van der Waals surface area contributed by atoms with Gasteiger partial charge < -0.3 is 63.4 Å². The zero-order valence-electron chi connectivity index (χ0n) is 36.8. The summed E-state index contributed by atoms with van der Waals surface area (Å²) >= 11 is 0. The maximum absolute atomic E-state index is 14.2. The monoisotopic (exact) mass is 827 g/mol. The van der Waals surface area contributed by atoms with Crippen molar-refractivity contribution in [3.05, 3.63) is 11.9 Å². The van der Waals surface area contributed by atoms with Gasteiger partial charge in [0.1, 0.15) is 29.7 Å². The molecule has 4 rings (SSSR count). The van der Waals surface area contributed by atoms with Gasteiger partial charge in [-0.1, -0.05) is 32.9 Å². The second-order valence-corrected chi connectivity index (χ2v) is 18.1. The number of carbonyl (C=O) groups is 2. The Balaban J connectivity index is 1.77. The lowest BCUT2D eigenvalue weighted by molar-refractivity contribution is -0.318. The minimum Gasteiger partial charge on any atom is -0.459 e. The van der Waals surface area contributed by atoms with E-state index in [1.54, 1.807) is 54.1 Å². The Hall–Kier alpha value is -2.10. The third-order valence-electron chi connectivity index (χ3n) is 13.1. The van der Waals surface area contributed by atoms with E-state index in [1.807, 2.05) is 25.1 Å². The maximum atomic E-state index is 14.2. The zero-order valence-corrected chi connectivity index (χ0v) is 36.8. The fraction of sp³-hybridized carbons (Fsp3) is 0.900. The molecule has 18 atom stereocenters. The van der Waals surface area contributed by atoms with Crippen molar-refractivity contribution in [2.75, 3.05) is 20.7 Å². The SMILES string of the molecule is Bn1cc(CCN(C)[C@H]2CC(C)O[C@H](O[C@@H]3[C@@H](C)[C@H](O[C@H]4C[C@@](C)(OC)[C@@H](O)[C@@H](C)O4)[C@@H](C)C(=O)O[C@H](CC)[C@@](C)(O)C(O)[C@H](C)C(=O)[C@H](C)C[C@@]3(C)O)[C@@H]2O)nn1. The number of hydrogen-bond donors (Lipinski definition) is 5. The lowest BCUT2D eigenvalue weighted by Gasteiger charge is -2.49. The molecular formula is C40H71BN4O13. The lowest BCUT2D eigenvalue weighted by Crippen LogP contribution is -2.61. The van der Waals surface area contributed by atoms with Crippen molar-refractivity contribution >= 4 is 19.7 Å². The van der Waals surface area contributed by atoms with Crippen LogP contribution in [0, 0.1) is 23.7 Å². The minimum atomic E-state index is -2.01. The maximum Gasteiger partial charge on any atom is 0.311 e. The van der Waals surface area contributed by atoms with Gasteiger partial charge in [0.05, 0.1) is 53.3 Å². The van der Waals surface area contributed by atoms with Crippen LogP contribution >= 0.6 is 0 Å². The molecular weight excluding hydrogens is 755 g/mol. The van der Waals surface area contributed by atoms with Crippen LogP contribution in [0.3, 0.4) is 0 Å². The molecule has 3 aliphatic heterocycles. The highest BCUT2D eigenvalue weighted by atomic mass is 16.7. The number of esters is 1. The quantitative estimate of drug-likeness (QED) is 0.159. The van der Waals surface area contributed by atoms with E-state index >= 15 is 0 Å². The molecule has 0 amide bonds. The van der Waals surface area contributed by atoms with Crippen LogP contribution in [-0.4, -0.2) is 170 Å². The third-order valence-corrected chi connectivity index (χ3v) is 13.1. The zero-order chi connectivity index (χ0) is 43.7. The van der Waals surface area contributed by atoms with Crippen LogP contribution in [0.2, 0.25) is 0 Å². The van der Waals surface area contributed by atoms with Crippen LogP contribution in [0.1, 0.15) is 101 Å². The summed E-state index contributed by atoms with van der Waals surface area (Å²) in [5.74, 6) is -5.11. The average Bonchev–Trinajstić information content (AvgIpc) is 3.59. The van der Waals surface area contributed by atoms with Gasteiger partial charge in [0.15, 0.2) is 12.6 Å². The van der Waals surface area contributed by atoms with Gasteiger partial charge in [-0.25, -0.2) is 0 Å². The third kappa shape index (κ3) is 10.7. The van der Waals surface area contributed by atoms with E-state index in [9.17, 15) is 35.1 Å². The van der Waals surface area contributed by atoms with Crippen molar-refractivity contribution < 1.29 is 63.5 Å². The van der Waals surface area contributed by atoms with E-state index in [4.69, 9.17) is 28.4 Å². The molecule has 2 unspecified atom stereocenters. The van der Waals surface area contributed by atoms with E-state index in [2.05, 4.69) is 10.3 Å². The lowest BCUT2D eigenvalue weighted by atomic mass is 9.74. The van der Waals surface area contributed by atoms with Crippen LogP contribution in [0.5, 0.6) is 0 Å². The number of aliphatic hydroxyl groups excluding tert-OH is 3. The smallest absolute Gasteiger partial charge is 0.311 e. The summed E-state index contributed by atoms with van der Waals surface area (Å²) in [6.45, 7) is 16.9. The van der Waals surface area contributed by atoms with Gasteiger partial charge in [-0.05, 0) is 67.9 Å². The molecule has 0 aromatic carbocycles. The average molecular weight is 827 g/mol. The van der Waals surface area contributed by atoms with Gasteiger partial charge in [-0.15, -0.1) is 5.10 Å². The highest BCUT2D eigenvalue weighted by molar-refractivity contribution is 6.05. The van der Waals surface area contributed by atoms with Crippen LogP contribution < -0.4 is 0 Å². The van der Waals surface area contributed by atoms with E-state index < -0.39 is 114 Å². The molecule has 0 bridgehead atoms. The number of cyclic esters (lactones) is 1. The minimum absolute atomic E-state index is 0.0777. The van der Waals surface area contributed by atoms with E-state index in [1.165, 1.54) is 27.9 Å². The molecule has 3 fully saturated rings. The molecule has 0 spiro atoms. The number of ketones is 1. The molecule has 1 aromatic rings. The van der Waals surface area contributed by atoms with Crippen molar-refractivity contribution in [3.63, 3.8) is 0 Å². The fourth-order valence-corrected chi connectivity index (χ4v) is 9.30. The Morgan fingerprint density at radius 1 is 0.983 bits per heavy atom. The number of ether oxygens (including phenoxy) is 6. The Labute approximate surface area is 344 Å². The number of hydrogen-bond acceptors (Lipinski definition) is 16. The summed E-state index contributed by atoms with van der Waals surface area (Å²) < 4.78 is 39.2. The Morgan fingerprint density at radius 2 is 1.64 bits per heavy atom. The van der Waals surface area contributed by atoms with Gasteiger partial charge >= 0.3 is 5.97 Å². The molecule has 17 nitrogen and oxygen atoms in total. The van der Waals surface area contributed by atoms with Crippen LogP contribution in [0.25, 0.3) is 0 Å². The Morgan fingerprint density at radius 3 is 2.22 bits per heavy atom. The van der Waals surface area contributed by atoms with Crippen molar-refractivity contribution in [2.45, 2.75) is 186 Å². The number of likely N-dealkylation sites (N-methyl/N-ethyl adjacent to an activating group) is 1. The van der Waals surface area contributed by atoms with Gasteiger partial charge in [0.25, 0.3) is 7.98 Å². The van der Waals surface area contributed by atoms with Gasteiger partial charge in [0.2, 0.25) is 0 Å². The van der Waals surface area contributed by atoms with Gasteiger partial charge in [-0.3, -0.25) is 9.59 Å². The number of carbonyl (C=O) groups excluding carboxylic acids is 2. The largest absolute Gasteiger partial charge is 0.459 e. The molecule has 1 aromatic heterocycles. The summed E-state index contributed by atoms with van der Waals surface area (Å²) in [4.78, 5) is 30.2.